The lowest BCUT2D eigenvalue weighted by molar-refractivity contribution is -0.0316. The van der Waals surface area contributed by atoms with Crippen molar-refractivity contribution in [2.24, 2.45) is 5.73 Å². The Balaban J connectivity index is 3.55. The number of nitrogens with one attached hydrogen (secondary N) is 1. The Morgan fingerprint density at radius 3 is 1.88 bits per heavy atom. The van der Waals surface area contributed by atoms with Crippen molar-refractivity contribution < 1.29 is 13.2 Å². The molecular weight excluding hydrogens is 141 g/mol. The van der Waals surface area contributed by atoms with Gasteiger partial charge < -0.3 is 5.73 Å². The summed E-state index contributed by atoms with van der Waals surface area (Å²) in [5.74, 6) is 0. The maximum Gasteiger partial charge on any atom is 0.449 e. The van der Waals surface area contributed by atoms with E-state index in [-0.39, 0.29) is 0 Å². The van der Waals surface area contributed by atoms with E-state index in [1.54, 1.807) is 0 Å². The summed E-state index contributed by atoms with van der Waals surface area (Å²) in [5, 5.41) is 5.24. The fraction of sp³-hybridized carbons (Fsp3) is 0.500. The van der Waals surface area contributed by atoms with E-state index in [4.69, 9.17) is 5.41 Å². The van der Waals surface area contributed by atoms with E-state index < -0.39 is 22.4 Å². The minimum absolute atomic E-state index is 0.627. The topological polar surface area (TPSA) is 49.9 Å². The van der Waals surface area contributed by atoms with Crippen LogP contribution in [0.5, 0.6) is 0 Å². The van der Waals surface area contributed by atoms with E-state index in [0.29, 0.717) is 0 Å². The molecule has 0 unspecified atom stereocenters. The van der Waals surface area contributed by atoms with E-state index in [1.165, 1.54) is 0 Å². The normalized spacial score (nSPS) is 11.4. The first kappa shape index (κ1) is 7.61. The molecule has 0 fully saturated rings. The number of hydrogen-bond acceptors (Lipinski definition) is 2. The highest BCUT2D eigenvalue weighted by atomic mass is 32.2. The van der Waals surface area contributed by atoms with Crippen molar-refractivity contribution >= 4 is 16.9 Å². The smallest absolute Gasteiger partial charge is 0.378 e. The lowest BCUT2D eigenvalue weighted by atomic mass is 11.4. The van der Waals surface area contributed by atoms with Crippen LogP contribution in [0.25, 0.3) is 0 Å². The van der Waals surface area contributed by atoms with Gasteiger partial charge in [0.2, 0.25) is 0 Å². The SMILES string of the molecule is N=C(N)SC(F)(F)F. The van der Waals surface area contributed by atoms with Crippen molar-refractivity contribution in [1.82, 2.24) is 0 Å². The highest BCUT2D eigenvalue weighted by Crippen LogP contribution is 2.29. The first-order chi connectivity index (χ1) is 3.42. The molecule has 48 valence electrons. The van der Waals surface area contributed by atoms with E-state index >= 15 is 0 Å². The molecule has 0 aliphatic carbocycles. The Bertz CT molecular complexity index is 97.9. The van der Waals surface area contributed by atoms with Crippen molar-refractivity contribution in [2.45, 2.75) is 5.51 Å². The molecule has 0 heterocycles. The van der Waals surface area contributed by atoms with Gasteiger partial charge in [0.1, 0.15) is 0 Å². The van der Waals surface area contributed by atoms with Gasteiger partial charge in [0.15, 0.2) is 5.17 Å². The van der Waals surface area contributed by atoms with Crippen LogP contribution < -0.4 is 5.73 Å². The molecule has 0 bridgehead atoms. The van der Waals surface area contributed by atoms with Crippen molar-refractivity contribution in [3.05, 3.63) is 0 Å². The third kappa shape index (κ3) is 5.61. The number of halogens is 3. The zero-order valence-electron chi connectivity index (χ0n) is 3.62. The lowest BCUT2D eigenvalue weighted by Crippen LogP contribution is -2.12. The number of alkyl halides is 3. The van der Waals surface area contributed by atoms with Gasteiger partial charge in [-0.1, -0.05) is 0 Å². The summed E-state index contributed by atoms with van der Waals surface area (Å²) in [6, 6.07) is 0. The van der Waals surface area contributed by atoms with E-state index in [2.05, 4.69) is 5.73 Å². The molecule has 0 radical (unpaired) electrons. The first-order valence-electron chi connectivity index (χ1n) is 1.51. The van der Waals surface area contributed by atoms with Gasteiger partial charge in [0, 0.05) is 11.8 Å². The van der Waals surface area contributed by atoms with Gasteiger partial charge in [-0.25, -0.2) is 0 Å². The average Bonchev–Trinajstić information content (AvgIpc) is 1.21. The summed E-state index contributed by atoms with van der Waals surface area (Å²) in [6.45, 7) is 0. The minimum Gasteiger partial charge on any atom is -0.378 e. The Labute approximate surface area is 47.7 Å². The summed E-state index contributed by atoms with van der Waals surface area (Å²) in [4.78, 5) is 0. The molecule has 2 nitrogen and oxygen atoms in total. The predicted molar refractivity (Wildman–Crippen MR) is 25.6 cm³/mol. The minimum atomic E-state index is -4.41. The standard InChI is InChI=1S/C2H3F3N2S/c3-2(4,5)8-1(6)7/h(H3,6,7). The molecule has 0 aromatic carbocycles. The zero-order chi connectivity index (χ0) is 6.78. The largest absolute Gasteiger partial charge is 0.449 e. The van der Waals surface area contributed by atoms with Crippen molar-refractivity contribution in [1.29, 1.82) is 5.41 Å². The van der Waals surface area contributed by atoms with Crippen molar-refractivity contribution in [2.75, 3.05) is 0 Å². The van der Waals surface area contributed by atoms with Gasteiger partial charge >= 0.3 is 5.51 Å². The number of amidine groups is 1. The highest BCUT2D eigenvalue weighted by Gasteiger charge is 2.29. The Hall–Kier alpha value is -0.390. The quantitative estimate of drug-likeness (QED) is 0.395. The first-order valence-corrected chi connectivity index (χ1v) is 2.33. The summed E-state index contributed by atoms with van der Waals surface area (Å²) >= 11 is -0.627. The fourth-order valence-corrected chi connectivity index (χ4v) is 0.374. The fourth-order valence-electron chi connectivity index (χ4n) is 0.125. The van der Waals surface area contributed by atoms with Crippen LogP contribution in [-0.4, -0.2) is 10.7 Å². The molecular formula is C2H3F3N2S. The van der Waals surface area contributed by atoms with Crippen LogP contribution in [0, 0.1) is 5.41 Å². The highest BCUT2D eigenvalue weighted by molar-refractivity contribution is 8.14. The Kier molecular flexibility index (Phi) is 2.14. The Morgan fingerprint density at radius 1 is 1.50 bits per heavy atom. The molecule has 0 aliphatic heterocycles. The molecule has 6 heteroatoms. The van der Waals surface area contributed by atoms with Gasteiger partial charge in [0.05, 0.1) is 0 Å². The van der Waals surface area contributed by atoms with Crippen LogP contribution in [0.1, 0.15) is 0 Å². The van der Waals surface area contributed by atoms with Crippen LogP contribution in [0.15, 0.2) is 0 Å². The lowest BCUT2D eigenvalue weighted by Gasteiger charge is -2.00. The van der Waals surface area contributed by atoms with E-state index in [1.807, 2.05) is 0 Å². The van der Waals surface area contributed by atoms with Crippen molar-refractivity contribution in [3.63, 3.8) is 0 Å². The summed E-state index contributed by atoms with van der Waals surface area (Å²) in [5.41, 5.74) is -0.00604. The maximum atomic E-state index is 11.0. The summed E-state index contributed by atoms with van der Waals surface area (Å²) < 4.78 is 33.1. The molecule has 0 saturated heterocycles. The zero-order valence-corrected chi connectivity index (χ0v) is 4.44. The third-order valence-electron chi connectivity index (χ3n) is 0.226. The molecule has 0 rings (SSSR count). The second kappa shape index (κ2) is 2.25. The molecule has 0 amide bonds. The molecule has 0 spiro atoms. The van der Waals surface area contributed by atoms with Gasteiger partial charge in [-0.2, -0.15) is 13.2 Å². The molecule has 0 aromatic heterocycles. The van der Waals surface area contributed by atoms with Crippen LogP contribution in [0.4, 0.5) is 13.2 Å². The molecule has 0 aliphatic rings. The summed E-state index contributed by atoms with van der Waals surface area (Å²) in [6.07, 6.45) is 0. The third-order valence-corrected chi connectivity index (χ3v) is 0.677. The van der Waals surface area contributed by atoms with Crippen LogP contribution in [0.2, 0.25) is 0 Å². The molecule has 8 heavy (non-hydrogen) atoms. The number of hydrogen-bond donors (Lipinski definition) is 2. The van der Waals surface area contributed by atoms with Crippen molar-refractivity contribution in [3.8, 4) is 0 Å². The van der Waals surface area contributed by atoms with Gasteiger partial charge in [-0.3, -0.25) is 5.41 Å². The number of nitrogens with two attached hydrogens (primary N) is 1. The Morgan fingerprint density at radius 2 is 1.88 bits per heavy atom. The molecule has 0 saturated carbocycles. The molecule has 0 aromatic rings. The van der Waals surface area contributed by atoms with E-state index in [0.717, 1.165) is 0 Å². The monoisotopic (exact) mass is 144 g/mol. The van der Waals surface area contributed by atoms with Crippen LogP contribution in [-0.2, 0) is 0 Å². The second-order valence-electron chi connectivity index (χ2n) is 0.912. The van der Waals surface area contributed by atoms with Crippen LogP contribution >= 0.6 is 11.8 Å². The molecule has 3 N–H and O–H groups in total. The number of thioether (sulfide) groups is 1. The summed E-state index contributed by atoms with van der Waals surface area (Å²) in [7, 11) is 0. The second-order valence-corrected chi connectivity index (χ2v) is 2.02. The maximum absolute atomic E-state index is 11.0. The van der Waals surface area contributed by atoms with Gasteiger partial charge in [-0.15, -0.1) is 0 Å². The molecule has 0 atom stereocenters. The van der Waals surface area contributed by atoms with Gasteiger partial charge in [-0.05, 0) is 0 Å². The van der Waals surface area contributed by atoms with Gasteiger partial charge in [0.25, 0.3) is 0 Å². The number of rotatable bonds is 0. The van der Waals surface area contributed by atoms with Crippen LogP contribution in [0.3, 0.4) is 0 Å². The average molecular weight is 144 g/mol. The van der Waals surface area contributed by atoms with E-state index in [9.17, 15) is 13.2 Å². The predicted octanol–water partition coefficient (Wildman–Crippen LogP) is 1.13.